The van der Waals surface area contributed by atoms with Gasteiger partial charge >= 0.3 is 0 Å². The van der Waals surface area contributed by atoms with Crippen molar-refractivity contribution < 1.29 is 17.9 Å². The van der Waals surface area contributed by atoms with Crippen molar-refractivity contribution in [2.75, 3.05) is 12.4 Å². The zero-order valence-electron chi connectivity index (χ0n) is 18.3. The van der Waals surface area contributed by atoms with E-state index in [9.17, 15) is 13.2 Å². The lowest BCUT2D eigenvalue weighted by molar-refractivity contribution is -0.120. The standard InChI is InChI=1S/C23H32N2O4S/c1-5-15-25-17(3)16(2)21(22(25)24-23(26)18-9-7-6-8-10-18)30(27,28)20-13-11-19(29-4)12-14-20/h11-14,18H,5-10,15H2,1-4H3,(H,24,26). The van der Waals surface area contributed by atoms with E-state index >= 15 is 0 Å². The molecule has 1 aromatic heterocycles. The van der Waals surface area contributed by atoms with Crippen LogP contribution >= 0.6 is 0 Å². The quantitative estimate of drug-likeness (QED) is 0.677. The predicted molar refractivity (Wildman–Crippen MR) is 118 cm³/mol. The van der Waals surface area contributed by atoms with E-state index in [4.69, 9.17) is 4.74 Å². The largest absolute Gasteiger partial charge is 0.497 e. The first kappa shape index (κ1) is 22.4. The molecule has 2 aromatic rings. The fraction of sp³-hybridized carbons (Fsp3) is 0.522. The molecule has 3 rings (SSSR count). The molecule has 0 atom stereocenters. The van der Waals surface area contributed by atoms with Gasteiger partial charge in [0, 0.05) is 18.2 Å². The molecule has 0 bridgehead atoms. The molecule has 1 aromatic carbocycles. The van der Waals surface area contributed by atoms with Crippen LogP contribution < -0.4 is 10.1 Å². The van der Waals surface area contributed by atoms with Crippen molar-refractivity contribution >= 4 is 21.6 Å². The minimum absolute atomic E-state index is 0.0547. The third-order valence-corrected chi connectivity index (χ3v) is 8.01. The number of amides is 1. The van der Waals surface area contributed by atoms with Gasteiger partial charge in [-0.3, -0.25) is 4.79 Å². The summed E-state index contributed by atoms with van der Waals surface area (Å²) in [7, 11) is -2.27. The number of anilines is 1. The molecular formula is C23H32N2O4S. The maximum Gasteiger partial charge on any atom is 0.228 e. The van der Waals surface area contributed by atoms with Crippen LogP contribution in [0.25, 0.3) is 0 Å². The van der Waals surface area contributed by atoms with E-state index in [0.717, 1.165) is 44.2 Å². The number of nitrogens with zero attached hydrogens (tertiary/aromatic N) is 1. The molecule has 1 fully saturated rings. The Morgan fingerprint density at radius 1 is 1.13 bits per heavy atom. The lowest BCUT2D eigenvalue weighted by Crippen LogP contribution is -2.27. The molecule has 1 aliphatic rings. The van der Waals surface area contributed by atoms with Gasteiger partial charge in [-0.25, -0.2) is 8.42 Å². The van der Waals surface area contributed by atoms with E-state index in [2.05, 4.69) is 5.32 Å². The number of benzene rings is 1. The van der Waals surface area contributed by atoms with Crippen molar-refractivity contribution in [2.24, 2.45) is 5.92 Å². The molecule has 1 heterocycles. The van der Waals surface area contributed by atoms with Gasteiger partial charge < -0.3 is 14.6 Å². The number of sulfone groups is 1. The molecule has 7 heteroatoms. The summed E-state index contributed by atoms with van der Waals surface area (Å²) in [6.07, 6.45) is 5.80. The molecule has 1 amide bonds. The summed E-state index contributed by atoms with van der Waals surface area (Å²) in [6, 6.07) is 6.37. The zero-order valence-corrected chi connectivity index (χ0v) is 19.1. The molecular weight excluding hydrogens is 400 g/mol. The third kappa shape index (κ3) is 4.26. The monoisotopic (exact) mass is 432 g/mol. The van der Waals surface area contributed by atoms with E-state index in [-0.39, 0.29) is 21.6 Å². The Morgan fingerprint density at radius 3 is 2.33 bits per heavy atom. The third-order valence-electron chi connectivity index (χ3n) is 6.08. The highest BCUT2D eigenvalue weighted by Gasteiger charge is 2.32. The summed E-state index contributed by atoms with van der Waals surface area (Å²) in [5, 5.41) is 3.01. The fourth-order valence-corrected chi connectivity index (χ4v) is 5.94. The molecule has 1 N–H and O–H groups in total. The minimum Gasteiger partial charge on any atom is -0.497 e. The summed E-state index contributed by atoms with van der Waals surface area (Å²) in [5.41, 5.74) is 1.54. The SMILES string of the molecule is CCCn1c(C)c(C)c(S(=O)(=O)c2ccc(OC)cc2)c1NC(=O)C1CCCCC1. The maximum absolute atomic E-state index is 13.6. The van der Waals surface area contributed by atoms with Gasteiger partial charge in [0.15, 0.2) is 0 Å². The van der Waals surface area contributed by atoms with Crippen LogP contribution in [-0.4, -0.2) is 26.0 Å². The van der Waals surface area contributed by atoms with Gasteiger partial charge in [0.1, 0.15) is 16.5 Å². The molecule has 0 spiro atoms. The molecule has 0 saturated heterocycles. The van der Waals surface area contributed by atoms with Crippen LogP contribution in [0.4, 0.5) is 5.82 Å². The Kier molecular flexibility index (Phi) is 6.91. The second kappa shape index (κ2) is 9.25. The van der Waals surface area contributed by atoms with Crippen molar-refractivity contribution in [3.05, 3.63) is 35.5 Å². The molecule has 0 radical (unpaired) electrons. The van der Waals surface area contributed by atoms with Crippen LogP contribution in [0.15, 0.2) is 34.1 Å². The number of ether oxygens (including phenoxy) is 1. The fourth-order valence-electron chi connectivity index (χ4n) is 4.25. The summed E-state index contributed by atoms with van der Waals surface area (Å²) in [4.78, 5) is 13.4. The molecule has 1 aliphatic carbocycles. The highest BCUT2D eigenvalue weighted by atomic mass is 32.2. The van der Waals surface area contributed by atoms with Gasteiger partial charge in [0.25, 0.3) is 0 Å². The van der Waals surface area contributed by atoms with E-state index < -0.39 is 9.84 Å². The molecule has 164 valence electrons. The first-order valence-corrected chi connectivity index (χ1v) is 12.2. The molecule has 0 unspecified atom stereocenters. The highest BCUT2D eigenvalue weighted by molar-refractivity contribution is 7.91. The Balaban J connectivity index is 2.08. The zero-order chi connectivity index (χ0) is 21.9. The number of nitrogens with one attached hydrogen (secondary N) is 1. The van der Waals surface area contributed by atoms with Crippen molar-refractivity contribution in [2.45, 2.75) is 75.6 Å². The van der Waals surface area contributed by atoms with Gasteiger partial charge in [-0.15, -0.1) is 0 Å². The van der Waals surface area contributed by atoms with Crippen molar-refractivity contribution in [3.8, 4) is 5.75 Å². The Hall–Kier alpha value is -2.28. The lowest BCUT2D eigenvalue weighted by atomic mass is 9.89. The van der Waals surface area contributed by atoms with Gasteiger partial charge in [-0.05, 0) is 62.9 Å². The molecule has 6 nitrogen and oxygen atoms in total. The second-order valence-electron chi connectivity index (χ2n) is 8.04. The molecule has 0 aliphatic heterocycles. The summed E-state index contributed by atoms with van der Waals surface area (Å²) in [6.45, 7) is 6.41. The van der Waals surface area contributed by atoms with Crippen LogP contribution in [0.2, 0.25) is 0 Å². The summed E-state index contributed by atoms with van der Waals surface area (Å²) >= 11 is 0. The van der Waals surface area contributed by atoms with Crippen LogP contribution in [0, 0.1) is 19.8 Å². The smallest absolute Gasteiger partial charge is 0.228 e. The first-order chi connectivity index (χ1) is 14.3. The molecule has 30 heavy (non-hydrogen) atoms. The summed E-state index contributed by atoms with van der Waals surface area (Å²) in [5.74, 6) is 0.867. The number of hydrogen-bond acceptors (Lipinski definition) is 4. The number of rotatable bonds is 7. The lowest BCUT2D eigenvalue weighted by Gasteiger charge is -2.22. The average Bonchev–Trinajstić information content (AvgIpc) is 2.99. The van der Waals surface area contributed by atoms with Crippen molar-refractivity contribution in [3.63, 3.8) is 0 Å². The van der Waals surface area contributed by atoms with Gasteiger partial charge in [-0.1, -0.05) is 26.2 Å². The van der Waals surface area contributed by atoms with E-state index in [1.165, 1.54) is 0 Å². The van der Waals surface area contributed by atoms with E-state index in [0.29, 0.717) is 23.7 Å². The predicted octanol–water partition coefficient (Wildman–Crippen LogP) is 4.88. The Bertz CT molecular complexity index is 1000. The van der Waals surface area contributed by atoms with Crippen molar-refractivity contribution in [1.29, 1.82) is 0 Å². The summed E-state index contributed by atoms with van der Waals surface area (Å²) < 4.78 is 34.3. The Labute approximate surface area is 179 Å². The first-order valence-electron chi connectivity index (χ1n) is 10.7. The number of carbonyl (C=O) groups excluding carboxylic acids is 1. The van der Waals surface area contributed by atoms with Gasteiger partial charge in [0.2, 0.25) is 15.7 Å². The Morgan fingerprint density at radius 2 is 1.77 bits per heavy atom. The van der Waals surface area contributed by atoms with Crippen LogP contribution in [0.5, 0.6) is 5.75 Å². The van der Waals surface area contributed by atoms with Crippen LogP contribution in [0.3, 0.4) is 0 Å². The van der Waals surface area contributed by atoms with Crippen LogP contribution in [-0.2, 0) is 21.2 Å². The average molecular weight is 433 g/mol. The van der Waals surface area contributed by atoms with E-state index in [1.54, 1.807) is 31.4 Å². The van der Waals surface area contributed by atoms with Gasteiger partial charge in [-0.2, -0.15) is 0 Å². The number of methoxy groups -OCH3 is 1. The number of aromatic nitrogens is 1. The van der Waals surface area contributed by atoms with Gasteiger partial charge in [0.05, 0.1) is 12.0 Å². The topological polar surface area (TPSA) is 77.4 Å². The van der Waals surface area contributed by atoms with Crippen molar-refractivity contribution in [1.82, 2.24) is 4.57 Å². The minimum atomic E-state index is -3.81. The maximum atomic E-state index is 13.6. The number of hydrogen-bond donors (Lipinski definition) is 1. The number of carbonyl (C=O) groups is 1. The molecule has 1 saturated carbocycles. The van der Waals surface area contributed by atoms with Crippen LogP contribution in [0.1, 0.15) is 56.7 Å². The highest BCUT2D eigenvalue weighted by Crippen LogP contribution is 2.37. The van der Waals surface area contributed by atoms with E-state index in [1.807, 2.05) is 25.3 Å². The second-order valence-corrected chi connectivity index (χ2v) is 9.93. The normalized spacial score (nSPS) is 15.2.